The Balaban J connectivity index is 2.03. The molecule has 0 aliphatic rings. The normalized spacial score (nSPS) is 11.7. The van der Waals surface area contributed by atoms with Crippen LogP contribution in [0.5, 0.6) is 0 Å². The van der Waals surface area contributed by atoms with Crippen LogP contribution in [0.4, 0.5) is 0 Å². The summed E-state index contributed by atoms with van der Waals surface area (Å²) in [6.45, 7) is 4.75. The van der Waals surface area contributed by atoms with Gasteiger partial charge in [-0.3, -0.25) is 4.98 Å². The molecule has 0 saturated carbocycles. The Morgan fingerprint density at radius 1 is 1.33 bits per heavy atom. The van der Waals surface area contributed by atoms with Gasteiger partial charge in [0.1, 0.15) is 5.01 Å². The van der Waals surface area contributed by atoms with Gasteiger partial charge in [-0.2, -0.15) is 0 Å². The molecule has 0 aromatic carbocycles. The van der Waals surface area contributed by atoms with Gasteiger partial charge in [0, 0.05) is 29.4 Å². The van der Waals surface area contributed by atoms with Gasteiger partial charge < -0.3 is 10.4 Å². The van der Waals surface area contributed by atoms with Crippen LogP contribution in [0.15, 0.2) is 30.6 Å². The van der Waals surface area contributed by atoms with Gasteiger partial charge >= 0.3 is 0 Å². The first kappa shape index (κ1) is 13.1. The molecule has 0 bridgehead atoms. The lowest BCUT2D eigenvalue weighted by molar-refractivity contribution is 0.187. The first-order chi connectivity index (χ1) is 8.61. The van der Waals surface area contributed by atoms with Gasteiger partial charge in [0.15, 0.2) is 0 Å². The second kappa shape index (κ2) is 5.56. The Morgan fingerprint density at radius 2 is 2.17 bits per heavy atom. The molecule has 0 atom stereocenters. The first-order valence-corrected chi connectivity index (χ1v) is 6.64. The number of aliphatic hydroxyl groups excluding tert-OH is 1. The highest BCUT2D eigenvalue weighted by molar-refractivity contribution is 7.14. The monoisotopic (exact) mass is 263 g/mol. The van der Waals surface area contributed by atoms with Gasteiger partial charge in [-0.1, -0.05) is 6.07 Å². The third-order valence-corrected chi connectivity index (χ3v) is 3.59. The number of hydrogen-bond acceptors (Lipinski definition) is 5. The lowest BCUT2D eigenvalue weighted by atomic mass is 10.1. The second-order valence-corrected chi connectivity index (χ2v) is 5.86. The van der Waals surface area contributed by atoms with Crippen molar-refractivity contribution < 1.29 is 5.11 Å². The van der Waals surface area contributed by atoms with Crippen molar-refractivity contribution in [1.82, 2.24) is 15.3 Å². The number of aliphatic hydroxyl groups is 1. The zero-order valence-corrected chi connectivity index (χ0v) is 11.4. The third kappa shape index (κ3) is 3.35. The second-order valence-electron chi connectivity index (χ2n) is 4.74. The molecule has 4 nitrogen and oxygen atoms in total. The van der Waals surface area contributed by atoms with E-state index in [9.17, 15) is 5.11 Å². The van der Waals surface area contributed by atoms with Gasteiger partial charge in [0.05, 0.1) is 12.3 Å². The van der Waals surface area contributed by atoms with Crippen molar-refractivity contribution in [1.29, 1.82) is 0 Å². The van der Waals surface area contributed by atoms with Crippen LogP contribution >= 0.6 is 11.3 Å². The molecule has 2 rings (SSSR count). The smallest absolute Gasteiger partial charge is 0.142 e. The van der Waals surface area contributed by atoms with Gasteiger partial charge in [-0.15, -0.1) is 11.3 Å². The summed E-state index contributed by atoms with van der Waals surface area (Å²) in [6, 6.07) is 5.80. The summed E-state index contributed by atoms with van der Waals surface area (Å²) in [4.78, 5) is 9.78. The van der Waals surface area contributed by atoms with E-state index in [4.69, 9.17) is 0 Å². The predicted molar refractivity (Wildman–Crippen MR) is 73.3 cm³/mol. The van der Waals surface area contributed by atoms with Crippen LogP contribution in [0.25, 0.3) is 10.7 Å². The van der Waals surface area contributed by atoms with E-state index in [2.05, 4.69) is 15.3 Å². The third-order valence-electron chi connectivity index (χ3n) is 2.57. The number of hydrogen-bond donors (Lipinski definition) is 2. The number of nitrogens with one attached hydrogen (secondary N) is 1. The highest BCUT2D eigenvalue weighted by atomic mass is 32.1. The average molecular weight is 263 g/mol. The summed E-state index contributed by atoms with van der Waals surface area (Å²) in [5.41, 5.74) is 0.630. The van der Waals surface area contributed by atoms with Gasteiger partial charge in [0.2, 0.25) is 0 Å². The fourth-order valence-corrected chi connectivity index (χ4v) is 2.21. The molecule has 96 valence electrons. The van der Waals surface area contributed by atoms with Crippen LogP contribution in [0.2, 0.25) is 0 Å². The predicted octanol–water partition coefficient (Wildman–Crippen LogP) is 2.07. The molecule has 0 spiro atoms. The summed E-state index contributed by atoms with van der Waals surface area (Å²) >= 11 is 1.62. The zero-order chi connectivity index (χ0) is 13.0. The number of rotatable bonds is 5. The Bertz CT molecular complexity index is 496. The van der Waals surface area contributed by atoms with E-state index in [1.165, 1.54) is 0 Å². The molecule has 2 aromatic heterocycles. The number of thiazole rings is 1. The van der Waals surface area contributed by atoms with Crippen molar-refractivity contribution in [2.24, 2.45) is 0 Å². The van der Waals surface area contributed by atoms with Crippen molar-refractivity contribution in [3.8, 4) is 10.7 Å². The summed E-state index contributed by atoms with van der Waals surface area (Å²) < 4.78 is 0. The molecular formula is C13H17N3OS. The van der Waals surface area contributed by atoms with Crippen molar-refractivity contribution >= 4 is 11.3 Å². The van der Waals surface area contributed by atoms with E-state index in [1.807, 2.05) is 38.2 Å². The molecule has 0 saturated heterocycles. The lowest BCUT2D eigenvalue weighted by Gasteiger charge is -2.22. The van der Waals surface area contributed by atoms with E-state index < -0.39 is 0 Å². The van der Waals surface area contributed by atoms with E-state index in [-0.39, 0.29) is 12.1 Å². The molecule has 5 heteroatoms. The van der Waals surface area contributed by atoms with E-state index >= 15 is 0 Å². The molecular weight excluding hydrogens is 246 g/mol. The van der Waals surface area contributed by atoms with Crippen LogP contribution in [0, 0.1) is 0 Å². The van der Waals surface area contributed by atoms with E-state index in [0.717, 1.165) is 15.6 Å². The fourth-order valence-electron chi connectivity index (χ4n) is 1.38. The molecule has 18 heavy (non-hydrogen) atoms. The zero-order valence-electron chi connectivity index (χ0n) is 10.6. The SMILES string of the molecule is CC(C)(CO)NCc1cnc(-c2ccccn2)s1. The minimum Gasteiger partial charge on any atom is -0.394 e. The average Bonchev–Trinajstić information content (AvgIpc) is 2.86. The maximum absolute atomic E-state index is 9.17. The molecule has 2 N–H and O–H groups in total. The molecule has 0 aliphatic heterocycles. The van der Waals surface area contributed by atoms with Crippen LogP contribution in [-0.2, 0) is 6.54 Å². The van der Waals surface area contributed by atoms with Crippen molar-refractivity contribution in [2.75, 3.05) is 6.61 Å². The number of pyridine rings is 1. The Hall–Kier alpha value is -1.30. The van der Waals surface area contributed by atoms with Crippen LogP contribution in [0.3, 0.4) is 0 Å². The van der Waals surface area contributed by atoms with Crippen LogP contribution < -0.4 is 5.32 Å². The van der Waals surface area contributed by atoms with Crippen molar-refractivity contribution in [3.63, 3.8) is 0 Å². The standard InChI is InChI=1S/C13H17N3OS/c1-13(2,9-17)16-8-10-7-15-12(18-10)11-5-3-4-6-14-11/h3-7,16-17H,8-9H2,1-2H3. The summed E-state index contributed by atoms with van der Waals surface area (Å²) in [5.74, 6) is 0. The maximum atomic E-state index is 9.17. The molecule has 0 radical (unpaired) electrons. The molecule has 0 aliphatic carbocycles. The molecule has 2 heterocycles. The summed E-state index contributed by atoms with van der Waals surface area (Å²) in [7, 11) is 0. The van der Waals surface area contributed by atoms with E-state index in [0.29, 0.717) is 6.54 Å². The van der Waals surface area contributed by atoms with Crippen molar-refractivity contribution in [3.05, 3.63) is 35.5 Å². The summed E-state index contributed by atoms with van der Waals surface area (Å²) in [6.07, 6.45) is 3.62. The Kier molecular flexibility index (Phi) is 4.06. The molecule has 0 amide bonds. The molecule has 0 unspecified atom stereocenters. The molecule has 0 fully saturated rings. The minimum absolute atomic E-state index is 0.110. The minimum atomic E-state index is -0.269. The molecule has 2 aromatic rings. The highest BCUT2D eigenvalue weighted by Crippen LogP contribution is 2.23. The van der Waals surface area contributed by atoms with Crippen LogP contribution in [0.1, 0.15) is 18.7 Å². The van der Waals surface area contributed by atoms with Crippen molar-refractivity contribution in [2.45, 2.75) is 25.9 Å². The summed E-state index contributed by atoms with van der Waals surface area (Å²) in [5, 5.41) is 13.4. The first-order valence-electron chi connectivity index (χ1n) is 5.83. The van der Waals surface area contributed by atoms with E-state index in [1.54, 1.807) is 17.5 Å². The van der Waals surface area contributed by atoms with Gasteiger partial charge in [-0.25, -0.2) is 4.98 Å². The quantitative estimate of drug-likeness (QED) is 0.867. The Labute approximate surface area is 111 Å². The number of nitrogens with zero attached hydrogens (tertiary/aromatic N) is 2. The van der Waals surface area contributed by atoms with Gasteiger partial charge in [-0.05, 0) is 26.0 Å². The topological polar surface area (TPSA) is 58.0 Å². The highest BCUT2D eigenvalue weighted by Gasteiger charge is 2.15. The fraction of sp³-hybridized carbons (Fsp3) is 0.385. The maximum Gasteiger partial charge on any atom is 0.142 e. The number of aromatic nitrogens is 2. The van der Waals surface area contributed by atoms with Gasteiger partial charge in [0.25, 0.3) is 0 Å². The Morgan fingerprint density at radius 3 is 2.83 bits per heavy atom. The largest absolute Gasteiger partial charge is 0.394 e. The van der Waals surface area contributed by atoms with Crippen LogP contribution in [-0.4, -0.2) is 27.2 Å². The lowest BCUT2D eigenvalue weighted by Crippen LogP contribution is -2.41.